The van der Waals surface area contributed by atoms with Gasteiger partial charge >= 0.3 is 0 Å². The first-order valence-corrected chi connectivity index (χ1v) is 5.10. The van der Waals surface area contributed by atoms with Crippen molar-refractivity contribution < 1.29 is 14.4 Å². The van der Waals surface area contributed by atoms with Crippen LogP contribution in [0.1, 0.15) is 24.1 Å². The minimum absolute atomic E-state index is 0.0129. The van der Waals surface area contributed by atoms with E-state index in [1.807, 2.05) is 0 Å². The van der Waals surface area contributed by atoms with Crippen molar-refractivity contribution in [3.8, 4) is 0 Å². The molecular formula is C13H12N4O. The second-order valence-corrected chi connectivity index (χ2v) is 3.68. The van der Waals surface area contributed by atoms with E-state index in [9.17, 15) is 4.79 Å². The molecule has 0 spiro atoms. The molecule has 90 valence electrons. The molecule has 0 aromatic carbocycles. The van der Waals surface area contributed by atoms with Gasteiger partial charge in [-0.25, -0.2) is 9.97 Å². The summed E-state index contributed by atoms with van der Waals surface area (Å²) in [5, 5.41) is 0.356. The predicted octanol–water partition coefficient (Wildman–Crippen LogP) is 2.12. The Balaban J connectivity index is 2.43. The maximum Gasteiger partial charge on any atom is 0.259 e. The number of nitrogens with one attached hydrogen (secondary N) is 1. The third-order valence-corrected chi connectivity index (χ3v) is 2.61. The summed E-state index contributed by atoms with van der Waals surface area (Å²) in [7, 11) is 1.44. The van der Waals surface area contributed by atoms with Crippen LogP contribution in [0.15, 0.2) is 30.5 Å². The molecule has 2 aromatic heterocycles. The Morgan fingerprint density at radius 3 is 3.11 bits per heavy atom. The fraction of sp³-hybridized carbons (Fsp3) is 0.154. The first-order chi connectivity index (χ1) is 11.5. The highest BCUT2D eigenvalue weighted by Gasteiger charge is 2.25. The van der Waals surface area contributed by atoms with E-state index in [1.165, 1.54) is 24.1 Å². The van der Waals surface area contributed by atoms with E-state index >= 15 is 0 Å². The average molecular weight is 247 g/mol. The Morgan fingerprint density at radius 1 is 1.44 bits per heavy atom. The standard InChI is InChI=1S/C13H12N4O/c1-8-5-7-15-12-10(8)16-13(18)9-4-3-6-14-11(9)17(12)2/h3-7H,1-2H3,(H,16,18)/i1D3,5D,6D,7D/hD. The molecule has 0 saturated carbocycles. The van der Waals surface area contributed by atoms with Crippen molar-refractivity contribution >= 4 is 23.2 Å². The summed E-state index contributed by atoms with van der Waals surface area (Å²) in [5.41, 5.74) is -1.00. The number of anilines is 3. The zero-order valence-electron chi connectivity index (χ0n) is 16.4. The van der Waals surface area contributed by atoms with Gasteiger partial charge in [-0.05, 0) is 30.6 Å². The van der Waals surface area contributed by atoms with E-state index in [4.69, 9.17) is 9.64 Å². The molecule has 18 heavy (non-hydrogen) atoms. The van der Waals surface area contributed by atoms with Gasteiger partial charge in [-0.2, -0.15) is 0 Å². The second-order valence-electron chi connectivity index (χ2n) is 3.68. The highest BCUT2D eigenvalue weighted by atomic mass is 16.1. The molecule has 1 aliphatic heterocycles. The zero-order chi connectivity index (χ0) is 18.7. The van der Waals surface area contributed by atoms with Crippen LogP contribution in [0.25, 0.3) is 0 Å². The first-order valence-electron chi connectivity index (χ1n) is 8.55. The van der Waals surface area contributed by atoms with Crippen molar-refractivity contribution in [2.45, 2.75) is 6.85 Å². The summed E-state index contributed by atoms with van der Waals surface area (Å²) in [4.78, 5) is 21.7. The quantitative estimate of drug-likeness (QED) is 0.774. The van der Waals surface area contributed by atoms with Crippen LogP contribution >= 0.6 is 0 Å². The van der Waals surface area contributed by atoms with Gasteiger partial charge in [0.05, 0.1) is 15.4 Å². The van der Waals surface area contributed by atoms with E-state index < -0.39 is 36.2 Å². The molecule has 3 heterocycles. The predicted molar refractivity (Wildman–Crippen MR) is 69.2 cm³/mol. The summed E-state index contributed by atoms with van der Waals surface area (Å²) in [5.74, 6) is -1.00. The molecule has 0 fully saturated rings. The molecule has 5 heteroatoms. The highest BCUT2D eigenvalue weighted by molar-refractivity contribution is 6.11. The van der Waals surface area contributed by atoms with Gasteiger partial charge in [0.25, 0.3) is 5.91 Å². The number of fused-ring (bicyclic) bond motifs is 2. The number of amides is 1. The number of nitrogens with zero attached hydrogens (tertiary/aromatic N) is 3. The number of hydrogen-bond donors (Lipinski definition) is 1. The molecule has 5 nitrogen and oxygen atoms in total. The first kappa shape index (κ1) is 5.48. The monoisotopic (exact) mass is 247 g/mol. The molecule has 0 bridgehead atoms. The van der Waals surface area contributed by atoms with Gasteiger partial charge in [0.2, 0.25) is 0 Å². The fourth-order valence-electron chi connectivity index (χ4n) is 1.74. The Hall–Kier alpha value is -2.43. The Labute approximate surface area is 114 Å². The van der Waals surface area contributed by atoms with Crippen LogP contribution in [0.5, 0.6) is 0 Å². The van der Waals surface area contributed by atoms with Crippen LogP contribution < -0.4 is 10.2 Å². The van der Waals surface area contributed by atoms with E-state index in [2.05, 4.69) is 9.97 Å². The van der Waals surface area contributed by atoms with Gasteiger partial charge < -0.3 is 10.2 Å². The summed E-state index contributed by atoms with van der Waals surface area (Å²) >= 11 is 0. The molecule has 0 atom stereocenters. The van der Waals surface area contributed by atoms with Crippen molar-refractivity contribution in [2.24, 2.45) is 0 Å². The van der Waals surface area contributed by atoms with E-state index in [1.54, 1.807) is 0 Å². The van der Waals surface area contributed by atoms with Gasteiger partial charge in [0.1, 0.15) is 5.82 Å². The van der Waals surface area contributed by atoms with Crippen molar-refractivity contribution in [3.63, 3.8) is 0 Å². The number of rotatable bonds is 0. The number of carbonyl (C=O) groups is 1. The molecule has 0 saturated heterocycles. The van der Waals surface area contributed by atoms with Crippen molar-refractivity contribution in [3.05, 3.63) is 41.6 Å². The van der Waals surface area contributed by atoms with Gasteiger partial charge in [-0.15, -0.1) is 0 Å². The van der Waals surface area contributed by atoms with E-state index in [0.29, 0.717) is 5.31 Å². The maximum absolute atomic E-state index is 12.6. The Bertz CT molecular complexity index is 899. The van der Waals surface area contributed by atoms with Gasteiger partial charge in [-0.3, -0.25) is 4.79 Å². The molecule has 0 radical (unpaired) electrons. The molecule has 3 rings (SSSR count). The Kier molecular flexibility index (Phi) is 1.16. The highest BCUT2D eigenvalue weighted by Crippen LogP contribution is 2.35. The van der Waals surface area contributed by atoms with Crippen LogP contribution in [-0.2, 0) is 0 Å². The fourth-order valence-corrected chi connectivity index (χ4v) is 1.74. The second kappa shape index (κ2) is 3.80. The lowest BCUT2D eigenvalue weighted by molar-refractivity contribution is 0.102. The topological polar surface area (TPSA) is 58.1 Å². The zero-order valence-corrected chi connectivity index (χ0v) is 9.35. The summed E-state index contributed by atoms with van der Waals surface area (Å²) in [6.07, 6.45) is -0.722. The van der Waals surface area contributed by atoms with Gasteiger partial charge in [0.15, 0.2) is 7.23 Å². The van der Waals surface area contributed by atoms with E-state index in [0.717, 1.165) is 0 Å². The van der Waals surface area contributed by atoms with Crippen LogP contribution in [0, 0.1) is 6.85 Å². The van der Waals surface area contributed by atoms with E-state index in [-0.39, 0.29) is 23.4 Å². The van der Waals surface area contributed by atoms with Crippen molar-refractivity contribution in [1.29, 1.82) is 0 Å². The lowest BCUT2D eigenvalue weighted by Gasteiger charge is -2.18. The van der Waals surface area contributed by atoms with Crippen LogP contribution in [0.4, 0.5) is 17.3 Å². The molecule has 1 N–H and O–H groups in total. The normalized spacial score (nSPS) is 20.3. The van der Waals surface area contributed by atoms with Gasteiger partial charge in [-0.1, -0.05) is 0 Å². The lowest BCUT2D eigenvalue weighted by atomic mass is 10.2. The lowest BCUT2D eigenvalue weighted by Crippen LogP contribution is -2.14. The average Bonchev–Trinajstić information content (AvgIpc) is 2.59. The number of pyridine rings is 2. The number of aromatic nitrogens is 2. The van der Waals surface area contributed by atoms with Crippen molar-refractivity contribution in [1.82, 2.24) is 9.97 Å². The van der Waals surface area contributed by atoms with Crippen LogP contribution in [-0.4, -0.2) is 22.9 Å². The summed E-state index contributed by atoms with van der Waals surface area (Å²) < 4.78 is 54.4. The third-order valence-electron chi connectivity index (χ3n) is 2.61. The van der Waals surface area contributed by atoms with Crippen molar-refractivity contribution in [2.75, 3.05) is 17.3 Å². The van der Waals surface area contributed by atoms with Crippen LogP contribution in [0.3, 0.4) is 0 Å². The molecule has 1 aliphatic rings. The minimum Gasteiger partial charge on any atom is -0.318 e. The summed E-state index contributed by atoms with van der Waals surface area (Å²) in [6, 6.07) is 1.92. The minimum atomic E-state index is -2.83. The molecule has 2 aromatic rings. The van der Waals surface area contributed by atoms with Gasteiger partial charge in [0, 0.05) is 23.5 Å². The number of hydrogen-bond acceptors (Lipinski definition) is 4. The largest absolute Gasteiger partial charge is 0.318 e. The number of carbonyl (C=O) groups excluding carboxylic acids is 1. The maximum atomic E-state index is 12.6. The summed E-state index contributed by atoms with van der Waals surface area (Å²) in [6.45, 7) is -2.83. The molecular weight excluding hydrogens is 228 g/mol. The molecule has 0 aliphatic carbocycles. The Morgan fingerprint density at radius 2 is 2.28 bits per heavy atom. The third kappa shape index (κ3) is 1.44. The smallest absolute Gasteiger partial charge is 0.259 e. The molecule has 1 amide bonds. The SMILES string of the molecule is [2H]c1ccc2c(n1)N(C)c1nc([2H])c([2H])c(C([2H])([2H])[2H])c1N([2H])C2=O. The van der Waals surface area contributed by atoms with Crippen LogP contribution in [0.2, 0.25) is 1.41 Å². The molecule has 0 unspecified atom stereocenters.